The van der Waals surface area contributed by atoms with Gasteiger partial charge in [-0.2, -0.15) is 0 Å². The number of benzene rings is 6. The lowest BCUT2D eigenvalue weighted by atomic mass is 9.86. The molecule has 0 aromatic heterocycles. The van der Waals surface area contributed by atoms with Crippen molar-refractivity contribution in [2.24, 2.45) is 0 Å². The van der Waals surface area contributed by atoms with Crippen LogP contribution in [0.3, 0.4) is 0 Å². The Morgan fingerprint density at radius 3 is 1.13 bits per heavy atom. The van der Waals surface area contributed by atoms with E-state index >= 15 is 0 Å². The molecular weight excluding hydrogens is 464 g/mol. The van der Waals surface area contributed by atoms with E-state index < -0.39 is 0 Å². The Morgan fingerprint density at radius 2 is 0.763 bits per heavy atom. The van der Waals surface area contributed by atoms with Gasteiger partial charge in [-0.3, -0.25) is 0 Å². The minimum atomic E-state index is 0.173. The van der Waals surface area contributed by atoms with Crippen molar-refractivity contribution in [3.05, 3.63) is 119 Å². The summed E-state index contributed by atoms with van der Waals surface area (Å²) >= 11 is 0. The number of phenolic OH excluding ortho intramolecular Hbond substituents is 2. The number of hydrogen-bond acceptors (Lipinski definition) is 2. The maximum Gasteiger partial charge on any atom is 0.132 e. The molecule has 0 atom stereocenters. The molecule has 38 heavy (non-hydrogen) atoms. The number of fused-ring (bicyclic) bond motifs is 2. The molecule has 2 nitrogen and oxygen atoms in total. The zero-order valence-electron chi connectivity index (χ0n) is 22.1. The molecule has 0 aliphatic heterocycles. The Bertz CT molecular complexity index is 1700. The van der Waals surface area contributed by atoms with E-state index in [0.717, 1.165) is 66.1 Å². The molecule has 0 heterocycles. The SMILES string of the molecule is Cc1cc(C)cc(-c2cc3ccccc3c(-c3c(O)c(-c4cc(C)cc(C)c4)cc4ccccc34)c2O)c1. The standard InChI is InChI=1S/C36H30O2/c1-21-13-22(2)16-27(15-21)31-19-25-9-5-7-11-29(25)33(35(31)37)34-30-12-8-6-10-26(30)20-32(36(34)38)28-17-23(3)14-24(4)18-28/h5-20,37-38H,1-4H3. The van der Waals surface area contributed by atoms with Crippen LogP contribution in [0.4, 0.5) is 0 Å². The van der Waals surface area contributed by atoms with Gasteiger partial charge in [0.25, 0.3) is 0 Å². The first-order valence-electron chi connectivity index (χ1n) is 13.0. The highest BCUT2D eigenvalue weighted by Crippen LogP contribution is 2.51. The van der Waals surface area contributed by atoms with Gasteiger partial charge in [0.15, 0.2) is 0 Å². The van der Waals surface area contributed by atoms with E-state index in [1.807, 2.05) is 36.4 Å². The lowest BCUT2D eigenvalue weighted by Gasteiger charge is -2.20. The Morgan fingerprint density at radius 1 is 0.421 bits per heavy atom. The monoisotopic (exact) mass is 494 g/mol. The van der Waals surface area contributed by atoms with Crippen molar-refractivity contribution in [2.45, 2.75) is 27.7 Å². The van der Waals surface area contributed by atoms with E-state index in [4.69, 9.17) is 0 Å². The van der Waals surface area contributed by atoms with E-state index in [2.05, 4.69) is 88.4 Å². The number of hydrogen-bond donors (Lipinski definition) is 2. The van der Waals surface area contributed by atoms with Crippen LogP contribution >= 0.6 is 0 Å². The van der Waals surface area contributed by atoms with Crippen LogP contribution in [0.5, 0.6) is 11.5 Å². The minimum Gasteiger partial charge on any atom is -0.507 e. The molecule has 0 aliphatic rings. The van der Waals surface area contributed by atoms with Gasteiger partial charge in [0, 0.05) is 22.3 Å². The topological polar surface area (TPSA) is 40.5 Å². The van der Waals surface area contributed by atoms with Crippen molar-refractivity contribution in [2.75, 3.05) is 0 Å². The second-order valence-electron chi connectivity index (χ2n) is 10.5. The molecule has 0 saturated heterocycles. The Kier molecular flexibility index (Phi) is 5.69. The fourth-order valence-corrected chi connectivity index (χ4v) is 5.88. The normalized spacial score (nSPS) is 11.4. The summed E-state index contributed by atoms with van der Waals surface area (Å²) in [5.41, 5.74) is 9.28. The number of aryl methyl sites for hydroxylation is 4. The highest BCUT2D eigenvalue weighted by molar-refractivity contribution is 6.14. The minimum absolute atomic E-state index is 0.173. The lowest BCUT2D eigenvalue weighted by molar-refractivity contribution is 0.472. The zero-order valence-corrected chi connectivity index (χ0v) is 22.1. The van der Waals surface area contributed by atoms with Crippen molar-refractivity contribution < 1.29 is 10.2 Å². The largest absolute Gasteiger partial charge is 0.507 e. The molecule has 186 valence electrons. The van der Waals surface area contributed by atoms with Crippen LogP contribution in [-0.4, -0.2) is 10.2 Å². The van der Waals surface area contributed by atoms with Crippen LogP contribution < -0.4 is 0 Å². The van der Waals surface area contributed by atoms with Gasteiger partial charge in [0.05, 0.1) is 0 Å². The van der Waals surface area contributed by atoms with Crippen LogP contribution in [-0.2, 0) is 0 Å². The third-order valence-corrected chi connectivity index (χ3v) is 7.36. The summed E-state index contributed by atoms with van der Waals surface area (Å²) in [4.78, 5) is 0. The van der Waals surface area contributed by atoms with Gasteiger partial charge >= 0.3 is 0 Å². The van der Waals surface area contributed by atoms with Crippen LogP contribution in [0.15, 0.2) is 97.1 Å². The Labute approximate surface area is 223 Å². The van der Waals surface area contributed by atoms with Gasteiger partial charge in [-0.15, -0.1) is 0 Å². The van der Waals surface area contributed by atoms with E-state index in [9.17, 15) is 10.2 Å². The maximum atomic E-state index is 12.0. The molecular formula is C36H30O2. The lowest BCUT2D eigenvalue weighted by Crippen LogP contribution is -1.93. The van der Waals surface area contributed by atoms with Crippen LogP contribution in [0, 0.1) is 27.7 Å². The summed E-state index contributed by atoms with van der Waals surface area (Å²) in [6, 6.07) is 32.9. The summed E-state index contributed by atoms with van der Waals surface area (Å²) in [7, 11) is 0. The smallest absolute Gasteiger partial charge is 0.132 e. The summed E-state index contributed by atoms with van der Waals surface area (Å²) in [5.74, 6) is 0.346. The van der Waals surface area contributed by atoms with Crippen LogP contribution in [0.25, 0.3) is 54.9 Å². The van der Waals surface area contributed by atoms with Gasteiger partial charge in [-0.1, -0.05) is 107 Å². The molecule has 2 N–H and O–H groups in total. The van der Waals surface area contributed by atoms with Crippen molar-refractivity contribution >= 4 is 21.5 Å². The highest BCUT2D eigenvalue weighted by atomic mass is 16.3. The first-order chi connectivity index (χ1) is 18.3. The average Bonchev–Trinajstić information content (AvgIpc) is 2.87. The predicted molar refractivity (Wildman–Crippen MR) is 160 cm³/mol. The van der Waals surface area contributed by atoms with Gasteiger partial charge in [-0.05, 0) is 72.5 Å². The molecule has 0 radical (unpaired) electrons. The first-order valence-corrected chi connectivity index (χ1v) is 13.0. The summed E-state index contributed by atoms with van der Waals surface area (Å²) in [6.45, 7) is 8.29. The number of rotatable bonds is 3. The van der Waals surface area contributed by atoms with E-state index in [1.165, 1.54) is 0 Å². The van der Waals surface area contributed by atoms with Crippen molar-refractivity contribution in [3.8, 4) is 44.9 Å². The molecule has 0 unspecified atom stereocenters. The second kappa shape index (κ2) is 9.08. The van der Waals surface area contributed by atoms with Gasteiger partial charge in [0.1, 0.15) is 11.5 Å². The number of phenols is 2. The fourth-order valence-electron chi connectivity index (χ4n) is 5.88. The van der Waals surface area contributed by atoms with Crippen LogP contribution in [0.1, 0.15) is 22.3 Å². The molecule has 0 aliphatic carbocycles. The fraction of sp³-hybridized carbons (Fsp3) is 0.111. The quantitative estimate of drug-likeness (QED) is 0.257. The zero-order chi connectivity index (χ0) is 26.6. The van der Waals surface area contributed by atoms with Crippen molar-refractivity contribution in [3.63, 3.8) is 0 Å². The first kappa shape index (κ1) is 23.8. The van der Waals surface area contributed by atoms with E-state index in [-0.39, 0.29) is 11.5 Å². The Hall–Kier alpha value is -4.56. The summed E-state index contributed by atoms with van der Waals surface area (Å²) in [6.07, 6.45) is 0. The van der Waals surface area contributed by atoms with E-state index in [1.54, 1.807) is 0 Å². The summed E-state index contributed by atoms with van der Waals surface area (Å²) < 4.78 is 0. The number of aromatic hydroxyl groups is 2. The van der Waals surface area contributed by atoms with E-state index in [0.29, 0.717) is 11.1 Å². The maximum absolute atomic E-state index is 12.0. The van der Waals surface area contributed by atoms with Crippen LogP contribution in [0.2, 0.25) is 0 Å². The Balaban J connectivity index is 1.77. The molecule has 0 spiro atoms. The van der Waals surface area contributed by atoms with Gasteiger partial charge in [0.2, 0.25) is 0 Å². The van der Waals surface area contributed by atoms with Gasteiger partial charge in [-0.25, -0.2) is 0 Å². The van der Waals surface area contributed by atoms with Crippen molar-refractivity contribution in [1.82, 2.24) is 0 Å². The molecule has 2 heteroatoms. The average molecular weight is 495 g/mol. The summed E-state index contributed by atoms with van der Waals surface area (Å²) in [5, 5.41) is 27.8. The third-order valence-electron chi connectivity index (χ3n) is 7.36. The second-order valence-corrected chi connectivity index (χ2v) is 10.5. The van der Waals surface area contributed by atoms with Gasteiger partial charge < -0.3 is 10.2 Å². The molecule has 0 bridgehead atoms. The molecule has 0 amide bonds. The third kappa shape index (κ3) is 3.99. The van der Waals surface area contributed by atoms with Crippen molar-refractivity contribution in [1.29, 1.82) is 0 Å². The predicted octanol–water partition coefficient (Wildman–Crippen LogP) is 9.64. The molecule has 6 aromatic rings. The highest BCUT2D eigenvalue weighted by Gasteiger charge is 2.23. The molecule has 0 saturated carbocycles. The molecule has 6 aromatic carbocycles. The molecule has 6 rings (SSSR count). The molecule has 0 fully saturated rings.